The van der Waals surface area contributed by atoms with Crippen LogP contribution in [0.25, 0.3) is 0 Å². The molecule has 2 fully saturated rings. The number of hydrogen-bond acceptors (Lipinski definition) is 5. The molecule has 1 atom stereocenters. The van der Waals surface area contributed by atoms with Gasteiger partial charge in [-0.1, -0.05) is 0 Å². The number of methoxy groups -OCH3 is 1. The molecule has 0 aliphatic carbocycles. The summed E-state index contributed by atoms with van der Waals surface area (Å²) in [5, 5.41) is 2.89. The molecule has 0 aromatic heterocycles. The van der Waals surface area contributed by atoms with Crippen molar-refractivity contribution in [2.24, 2.45) is 5.92 Å². The first-order valence-electron chi connectivity index (χ1n) is 9.48. The van der Waals surface area contributed by atoms with Gasteiger partial charge in [-0.05, 0) is 25.7 Å². The van der Waals surface area contributed by atoms with Crippen molar-refractivity contribution in [1.82, 2.24) is 9.80 Å². The zero-order chi connectivity index (χ0) is 18.8. The van der Waals surface area contributed by atoms with Crippen molar-refractivity contribution in [2.45, 2.75) is 25.7 Å². The van der Waals surface area contributed by atoms with Crippen LogP contribution in [0, 0.1) is 5.92 Å². The van der Waals surface area contributed by atoms with Crippen molar-refractivity contribution in [2.75, 3.05) is 45.4 Å². The number of anilines is 1. The highest BCUT2D eigenvalue weighted by atomic mass is 16.7. The Kier molecular flexibility index (Phi) is 4.96. The maximum atomic E-state index is 12.8. The first-order chi connectivity index (χ1) is 13.2. The topological polar surface area (TPSA) is 80.3 Å². The molecular weight excluding hydrogens is 350 g/mol. The molecule has 2 saturated heterocycles. The second-order valence-electron chi connectivity index (χ2n) is 7.15. The van der Waals surface area contributed by atoms with Crippen LogP contribution in [-0.2, 0) is 4.79 Å². The van der Waals surface area contributed by atoms with Crippen molar-refractivity contribution in [3.8, 4) is 17.2 Å². The van der Waals surface area contributed by atoms with Gasteiger partial charge in [-0.15, -0.1) is 0 Å². The molecule has 0 unspecified atom stereocenters. The van der Waals surface area contributed by atoms with E-state index in [1.165, 1.54) is 0 Å². The van der Waals surface area contributed by atoms with Crippen LogP contribution in [-0.4, -0.2) is 61.8 Å². The van der Waals surface area contributed by atoms with E-state index >= 15 is 0 Å². The van der Waals surface area contributed by atoms with E-state index in [4.69, 9.17) is 14.2 Å². The number of ether oxygens (including phenoxy) is 3. The first-order valence-corrected chi connectivity index (χ1v) is 9.48. The Morgan fingerprint density at radius 3 is 2.52 bits per heavy atom. The van der Waals surface area contributed by atoms with Gasteiger partial charge >= 0.3 is 6.03 Å². The summed E-state index contributed by atoms with van der Waals surface area (Å²) in [4.78, 5) is 29.1. The molecule has 3 amide bonds. The van der Waals surface area contributed by atoms with Crippen LogP contribution in [0.2, 0.25) is 0 Å². The van der Waals surface area contributed by atoms with Crippen LogP contribution in [0.15, 0.2) is 12.1 Å². The predicted octanol–water partition coefficient (Wildman–Crippen LogP) is 2.29. The Balaban J connectivity index is 1.43. The van der Waals surface area contributed by atoms with Crippen LogP contribution < -0.4 is 19.5 Å². The summed E-state index contributed by atoms with van der Waals surface area (Å²) in [5.41, 5.74) is 0.528. The summed E-state index contributed by atoms with van der Waals surface area (Å²) in [6.45, 7) is 2.94. The second-order valence-corrected chi connectivity index (χ2v) is 7.15. The molecule has 0 radical (unpaired) electrons. The minimum atomic E-state index is -0.230. The fourth-order valence-electron chi connectivity index (χ4n) is 3.94. The maximum absolute atomic E-state index is 12.8. The molecule has 3 aliphatic heterocycles. The molecule has 1 N–H and O–H groups in total. The Bertz CT molecular complexity index is 732. The molecule has 3 aliphatic rings. The Hall–Kier alpha value is -2.64. The molecule has 4 rings (SSSR count). The maximum Gasteiger partial charge on any atom is 0.321 e. The molecule has 0 bridgehead atoms. The highest BCUT2D eigenvalue weighted by Gasteiger charge is 2.32. The summed E-state index contributed by atoms with van der Waals surface area (Å²) >= 11 is 0. The zero-order valence-electron chi connectivity index (χ0n) is 15.5. The number of carbonyl (C=O) groups is 2. The summed E-state index contributed by atoms with van der Waals surface area (Å²) < 4.78 is 16.1. The van der Waals surface area contributed by atoms with Crippen LogP contribution in [0.4, 0.5) is 10.5 Å². The first kappa shape index (κ1) is 17.8. The van der Waals surface area contributed by atoms with Gasteiger partial charge in [-0.25, -0.2) is 4.79 Å². The third kappa shape index (κ3) is 3.61. The fourth-order valence-corrected chi connectivity index (χ4v) is 3.94. The number of urea groups is 1. The number of nitrogens with one attached hydrogen (secondary N) is 1. The van der Waals surface area contributed by atoms with E-state index in [0.717, 1.165) is 38.8 Å². The number of carbonyl (C=O) groups excluding carboxylic acids is 2. The zero-order valence-corrected chi connectivity index (χ0v) is 15.5. The number of likely N-dealkylation sites (tertiary alicyclic amines) is 2. The van der Waals surface area contributed by atoms with Gasteiger partial charge in [-0.3, -0.25) is 4.79 Å². The van der Waals surface area contributed by atoms with Crippen molar-refractivity contribution in [3.63, 3.8) is 0 Å². The summed E-state index contributed by atoms with van der Waals surface area (Å²) in [5.74, 6) is 1.76. The molecule has 1 aromatic rings. The smallest absolute Gasteiger partial charge is 0.321 e. The van der Waals surface area contributed by atoms with Gasteiger partial charge in [-0.2, -0.15) is 0 Å². The number of amides is 3. The monoisotopic (exact) mass is 375 g/mol. The average Bonchev–Trinajstić information content (AvgIpc) is 3.38. The molecule has 1 aromatic carbocycles. The largest absolute Gasteiger partial charge is 0.494 e. The lowest BCUT2D eigenvalue weighted by Gasteiger charge is -2.34. The van der Waals surface area contributed by atoms with Gasteiger partial charge in [0.15, 0.2) is 11.5 Å². The van der Waals surface area contributed by atoms with Gasteiger partial charge in [0, 0.05) is 38.3 Å². The van der Waals surface area contributed by atoms with Gasteiger partial charge in [0.1, 0.15) is 5.75 Å². The van der Waals surface area contributed by atoms with Crippen LogP contribution >= 0.6 is 0 Å². The summed E-state index contributed by atoms with van der Waals surface area (Å²) in [6, 6.07) is 3.18. The fraction of sp³-hybridized carbons (Fsp3) is 0.579. The number of rotatable bonds is 3. The number of benzene rings is 1. The van der Waals surface area contributed by atoms with Crippen molar-refractivity contribution >= 4 is 17.6 Å². The normalized spacial score (nSPS) is 21.3. The number of nitrogens with zero attached hydrogens (tertiary/aromatic N) is 2. The van der Waals surface area contributed by atoms with Gasteiger partial charge in [0.2, 0.25) is 12.7 Å². The molecule has 8 heteroatoms. The lowest BCUT2D eigenvalue weighted by atomic mass is 9.97. The van der Waals surface area contributed by atoms with Crippen molar-refractivity contribution < 1.29 is 23.8 Å². The summed E-state index contributed by atoms with van der Waals surface area (Å²) in [7, 11) is 1.54. The SMILES string of the molecule is COc1cc2c(cc1NC(=O)N1CCC[C@@H](C(=O)N3CCCC3)C1)OCO2. The lowest BCUT2D eigenvalue weighted by molar-refractivity contribution is -0.135. The summed E-state index contributed by atoms with van der Waals surface area (Å²) in [6.07, 6.45) is 3.82. The highest BCUT2D eigenvalue weighted by Crippen LogP contribution is 2.40. The van der Waals surface area contributed by atoms with Crippen LogP contribution in [0.1, 0.15) is 25.7 Å². The van der Waals surface area contributed by atoms with Crippen molar-refractivity contribution in [3.05, 3.63) is 12.1 Å². The number of hydrogen-bond donors (Lipinski definition) is 1. The lowest BCUT2D eigenvalue weighted by Crippen LogP contribution is -2.47. The van der Waals surface area contributed by atoms with Gasteiger partial charge in [0.05, 0.1) is 18.7 Å². The third-order valence-corrected chi connectivity index (χ3v) is 5.41. The van der Waals surface area contributed by atoms with E-state index in [9.17, 15) is 9.59 Å². The molecule has 3 heterocycles. The average molecular weight is 375 g/mol. The highest BCUT2D eigenvalue weighted by molar-refractivity contribution is 5.92. The predicted molar refractivity (Wildman–Crippen MR) is 98.2 cm³/mol. The Morgan fingerprint density at radius 1 is 1.07 bits per heavy atom. The van der Waals surface area contributed by atoms with E-state index < -0.39 is 0 Å². The van der Waals surface area contributed by atoms with E-state index in [1.807, 2.05) is 4.90 Å². The quantitative estimate of drug-likeness (QED) is 0.877. The van der Waals surface area contributed by atoms with E-state index in [1.54, 1.807) is 24.1 Å². The van der Waals surface area contributed by atoms with Gasteiger partial charge < -0.3 is 29.3 Å². The van der Waals surface area contributed by atoms with Crippen LogP contribution in [0.5, 0.6) is 17.2 Å². The van der Waals surface area contributed by atoms with E-state index in [2.05, 4.69) is 5.32 Å². The minimum Gasteiger partial charge on any atom is -0.494 e. The standard InChI is InChI=1S/C19H25N3O5/c1-25-15-10-17-16(26-12-27-17)9-14(15)20-19(24)22-8-4-5-13(11-22)18(23)21-6-2-3-7-21/h9-10,13H,2-8,11-12H2,1H3,(H,20,24)/t13-/m1/s1. The Morgan fingerprint density at radius 2 is 1.78 bits per heavy atom. The third-order valence-electron chi connectivity index (χ3n) is 5.41. The molecular formula is C19H25N3O5. The van der Waals surface area contributed by atoms with Gasteiger partial charge in [0.25, 0.3) is 0 Å². The molecule has 0 saturated carbocycles. The molecule has 27 heavy (non-hydrogen) atoms. The minimum absolute atomic E-state index is 0.110. The van der Waals surface area contributed by atoms with Crippen LogP contribution in [0.3, 0.4) is 0 Å². The van der Waals surface area contributed by atoms with E-state index in [-0.39, 0.29) is 24.6 Å². The Labute approximate surface area is 158 Å². The molecule has 146 valence electrons. The van der Waals surface area contributed by atoms with E-state index in [0.29, 0.717) is 36.0 Å². The molecule has 8 nitrogen and oxygen atoms in total. The number of fused-ring (bicyclic) bond motifs is 1. The van der Waals surface area contributed by atoms with Crippen molar-refractivity contribution in [1.29, 1.82) is 0 Å². The molecule has 0 spiro atoms. The number of piperidine rings is 1. The second kappa shape index (κ2) is 7.54.